The van der Waals surface area contributed by atoms with Crippen LogP contribution >= 0.6 is 24.8 Å². The van der Waals surface area contributed by atoms with Gasteiger partial charge in [0.25, 0.3) is 0 Å². The van der Waals surface area contributed by atoms with Crippen molar-refractivity contribution in [3.63, 3.8) is 0 Å². The predicted molar refractivity (Wildman–Crippen MR) is 140 cm³/mol. The highest BCUT2D eigenvalue weighted by atomic mass is 35.5. The van der Waals surface area contributed by atoms with Crippen LogP contribution in [0.25, 0.3) is 11.0 Å². The zero-order chi connectivity index (χ0) is 22.7. The molecule has 3 aromatic rings. The van der Waals surface area contributed by atoms with Crippen molar-refractivity contribution < 1.29 is 9.47 Å². The van der Waals surface area contributed by atoms with E-state index in [1.165, 1.54) is 0 Å². The van der Waals surface area contributed by atoms with E-state index in [1.807, 2.05) is 49.4 Å². The van der Waals surface area contributed by atoms with Crippen molar-refractivity contribution >= 4 is 47.5 Å². The molecule has 0 atom stereocenters. The van der Waals surface area contributed by atoms with Crippen molar-refractivity contribution in [2.75, 3.05) is 13.1 Å². The number of amidine groups is 2. The minimum atomic E-state index is 0. The molecule has 1 fully saturated rings. The number of nitrogens with two attached hydrogens (primary N) is 1. The zero-order valence-electron chi connectivity index (χ0n) is 19.4. The van der Waals surface area contributed by atoms with Gasteiger partial charge in [-0.3, -0.25) is 10.8 Å². The Labute approximate surface area is 212 Å². The molecule has 0 aliphatic carbocycles. The molecule has 34 heavy (non-hydrogen) atoms. The number of likely N-dealkylation sites (tertiary alicyclic amines) is 1. The molecule has 184 valence electrons. The summed E-state index contributed by atoms with van der Waals surface area (Å²) in [5.41, 5.74) is 8.09. The number of nitrogens with zero attached hydrogens (tertiary/aromatic N) is 3. The van der Waals surface area contributed by atoms with Gasteiger partial charge in [0.1, 0.15) is 35.9 Å². The molecule has 0 unspecified atom stereocenters. The second-order valence-corrected chi connectivity index (χ2v) is 8.04. The molecular formula is C24H32Cl2N6O2. The van der Waals surface area contributed by atoms with Crippen molar-refractivity contribution in [2.45, 2.75) is 45.9 Å². The number of benzene rings is 2. The third-order valence-electron chi connectivity index (χ3n) is 5.87. The van der Waals surface area contributed by atoms with Crippen LogP contribution < -0.4 is 15.2 Å². The molecule has 1 aliphatic heterocycles. The summed E-state index contributed by atoms with van der Waals surface area (Å²) in [6, 6.07) is 13.3. The summed E-state index contributed by atoms with van der Waals surface area (Å²) < 4.78 is 14.2. The quantitative estimate of drug-likeness (QED) is 0.320. The Hall–Kier alpha value is -2.97. The lowest BCUT2D eigenvalue weighted by molar-refractivity contribution is 0.130. The topological polar surface area (TPSA) is 113 Å². The zero-order valence-corrected chi connectivity index (χ0v) is 21.0. The Bertz CT molecular complexity index is 1120. The van der Waals surface area contributed by atoms with Gasteiger partial charge < -0.3 is 24.7 Å². The number of imidazole rings is 1. The SMILES string of the molecule is CCn1c(COc2ccc(OC3CCN(C(C)=N)CC3)cc2)nc2cc(C(=N)N)ccc21.Cl.Cl. The molecule has 0 radical (unpaired) electrons. The minimum absolute atomic E-state index is 0. The highest BCUT2D eigenvalue weighted by Crippen LogP contribution is 2.24. The van der Waals surface area contributed by atoms with Gasteiger partial charge in [-0.1, -0.05) is 0 Å². The van der Waals surface area contributed by atoms with Crippen LogP contribution in [-0.2, 0) is 13.2 Å². The first-order valence-corrected chi connectivity index (χ1v) is 11.0. The Morgan fingerprint density at radius 3 is 2.29 bits per heavy atom. The number of aryl methyl sites for hydroxylation is 1. The molecule has 1 saturated heterocycles. The molecule has 0 amide bonds. The summed E-state index contributed by atoms with van der Waals surface area (Å²) in [5, 5.41) is 15.4. The highest BCUT2D eigenvalue weighted by Gasteiger charge is 2.20. The van der Waals surface area contributed by atoms with Gasteiger partial charge in [0.2, 0.25) is 0 Å². The van der Waals surface area contributed by atoms with Crippen LogP contribution in [0.4, 0.5) is 0 Å². The summed E-state index contributed by atoms with van der Waals surface area (Å²) in [5.74, 6) is 3.08. The third-order valence-corrected chi connectivity index (χ3v) is 5.87. The van der Waals surface area contributed by atoms with Crippen LogP contribution in [0.5, 0.6) is 11.5 Å². The smallest absolute Gasteiger partial charge is 0.147 e. The summed E-state index contributed by atoms with van der Waals surface area (Å²) in [4.78, 5) is 6.78. The molecule has 10 heteroatoms. The molecule has 2 aromatic carbocycles. The number of aromatic nitrogens is 2. The van der Waals surface area contributed by atoms with Gasteiger partial charge >= 0.3 is 0 Å². The lowest BCUT2D eigenvalue weighted by Gasteiger charge is -2.32. The second kappa shape index (κ2) is 11.9. The van der Waals surface area contributed by atoms with E-state index in [-0.39, 0.29) is 36.8 Å². The molecule has 0 spiro atoms. The number of halogens is 2. The van der Waals surface area contributed by atoms with Crippen molar-refractivity contribution in [2.24, 2.45) is 5.73 Å². The van der Waals surface area contributed by atoms with Crippen LogP contribution in [0, 0.1) is 10.8 Å². The van der Waals surface area contributed by atoms with Gasteiger partial charge in [-0.2, -0.15) is 0 Å². The van der Waals surface area contributed by atoms with Crippen molar-refractivity contribution in [1.29, 1.82) is 10.8 Å². The number of nitrogens with one attached hydrogen (secondary N) is 2. The molecular weight excluding hydrogens is 475 g/mol. The number of hydrogen-bond acceptors (Lipinski definition) is 5. The van der Waals surface area contributed by atoms with E-state index in [0.717, 1.165) is 60.8 Å². The monoisotopic (exact) mass is 506 g/mol. The molecule has 4 N–H and O–H groups in total. The Kier molecular flexibility index (Phi) is 9.58. The van der Waals surface area contributed by atoms with Crippen LogP contribution in [0.15, 0.2) is 42.5 Å². The number of rotatable bonds is 7. The standard InChI is InChI=1S/C24H30N6O2.2ClH/c1-3-30-22-9-4-17(24(26)27)14-21(22)28-23(30)15-31-18-5-7-19(8-6-18)32-20-10-12-29(13-11-20)16(2)25;;/h4-9,14,20,25H,3,10-13,15H2,1-2H3,(H3,26,27);2*1H. The van der Waals surface area contributed by atoms with Crippen LogP contribution in [0.3, 0.4) is 0 Å². The lowest BCUT2D eigenvalue weighted by Crippen LogP contribution is -2.40. The van der Waals surface area contributed by atoms with E-state index in [0.29, 0.717) is 18.0 Å². The van der Waals surface area contributed by atoms with Gasteiger partial charge in [0.15, 0.2) is 0 Å². The summed E-state index contributed by atoms with van der Waals surface area (Å²) >= 11 is 0. The maximum Gasteiger partial charge on any atom is 0.147 e. The molecule has 1 aromatic heterocycles. The number of ether oxygens (including phenoxy) is 2. The summed E-state index contributed by atoms with van der Waals surface area (Å²) in [7, 11) is 0. The van der Waals surface area contributed by atoms with E-state index in [1.54, 1.807) is 0 Å². The fourth-order valence-corrected chi connectivity index (χ4v) is 4.07. The Balaban J connectivity index is 0.00000204. The average molecular weight is 507 g/mol. The normalized spacial score (nSPS) is 13.6. The van der Waals surface area contributed by atoms with Gasteiger partial charge in [-0.25, -0.2) is 4.98 Å². The first-order valence-electron chi connectivity index (χ1n) is 11.0. The third kappa shape index (κ3) is 6.12. The van der Waals surface area contributed by atoms with Gasteiger partial charge in [0, 0.05) is 38.0 Å². The van der Waals surface area contributed by atoms with E-state index in [4.69, 9.17) is 31.0 Å². The van der Waals surface area contributed by atoms with Crippen LogP contribution in [0.1, 0.15) is 38.1 Å². The first-order chi connectivity index (χ1) is 15.4. The fourth-order valence-electron chi connectivity index (χ4n) is 4.07. The summed E-state index contributed by atoms with van der Waals surface area (Å²) in [6.07, 6.45) is 2.03. The van der Waals surface area contributed by atoms with E-state index >= 15 is 0 Å². The highest BCUT2D eigenvalue weighted by molar-refractivity contribution is 5.98. The van der Waals surface area contributed by atoms with Crippen LogP contribution in [0.2, 0.25) is 0 Å². The number of nitrogen functional groups attached to an aromatic ring is 1. The fraction of sp³-hybridized carbons (Fsp3) is 0.375. The Morgan fingerprint density at radius 2 is 1.71 bits per heavy atom. The number of hydrogen-bond donors (Lipinski definition) is 3. The molecule has 8 nitrogen and oxygen atoms in total. The Morgan fingerprint density at radius 1 is 1.06 bits per heavy atom. The maximum absolute atomic E-state index is 7.74. The molecule has 4 rings (SSSR count). The maximum atomic E-state index is 7.74. The van der Waals surface area contributed by atoms with Crippen molar-refractivity contribution in [3.05, 3.63) is 53.9 Å². The summed E-state index contributed by atoms with van der Waals surface area (Å²) in [6.45, 7) is 6.76. The largest absolute Gasteiger partial charge is 0.490 e. The second-order valence-electron chi connectivity index (χ2n) is 8.04. The molecule has 1 aliphatic rings. The van der Waals surface area contributed by atoms with Gasteiger partial charge in [-0.05, 0) is 56.3 Å². The molecule has 0 bridgehead atoms. The molecule has 2 heterocycles. The minimum Gasteiger partial charge on any atom is -0.490 e. The van der Waals surface area contributed by atoms with Gasteiger partial charge in [0.05, 0.1) is 16.9 Å². The molecule has 0 saturated carbocycles. The predicted octanol–water partition coefficient (Wildman–Crippen LogP) is 4.60. The van der Waals surface area contributed by atoms with Gasteiger partial charge in [-0.15, -0.1) is 24.8 Å². The van der Waals surface area contributed by atoms with E-state index in [9.17, 15) is 0 Å². The number of piperidine rings is 1. The van der Waals surface area contributed by atoms with E-state index < -0.39 is 0 Å². The van der Waals surface area contributed by atoms with Crippen LogP contribution in [-0.4, -0.2) is 45.3 Å². The van der Waals surface area contributed by atoms with Crippen molar-refractivity contribution in [3.8, 4) is 11.5 Å². The lowest BCUT2D eigenvalue weighted by atomic mass is 10.1. The van der Waals surface area contributed by atoms with E-state index in [2.05, 4.69) is 16.4 Å². The first kappa shape index (κ1) is 27.3. The van der Waals surface area contributed by atoms with Crippen molar-refractivity contribution in [1.82, 2.24) is 14.5 Å². The number of fused-ring (bicyclic) bond motifs is 1. The average Bonchev–Trinajstić information content (AvgIpc) is 3.15.